The summed E-state index contributed by atoms with van der Waals surface area (Å²) in [7, 11) is 0. The highest BCUT2D eigenvalue weighted by molar-refractivity contribution is 5.81. The van der Waals surface area contributed by atoms with Crippen LogP contribution in [0.2, 0.25) is 0 Å². The van der Waals surface area contributed by atoms with Crippen LogP contribution in [0.3, 0.4) is 0 Å². The molecule has 1 heterocycles. The summed E-state index contributed by atoms with van der Waals surface area (Å²) in [5, 5.41) is 14.5. The maximum atomic E-state index is 12.3. The van der Waals surface area contributed by atoms with Crippen LogP contribution in [0, 0.1) is 0 Å². The van der Waals surface area contributed by atoms with E-state index in [9.17, 15) is 14.4 Å². The number of urea groups is 1. The van der Waals surface area contributed by atoms with Gasteiger partial charge in [0.25, 0.3) is 0 Å². The van der Waals surface area contributed by atoms with E-state index in [0.717, 1.165) is 25.7 Å². The van der Waals surface area contributed by atoms with Gasteiger partial charge in [-0.15, -0.1) is 0 Å². The fraction of sp³-hybridized carbons (Fsp3) is 0.769. The molecule has 1 atom stereocenters. The van der Waals surface area contributed by atoms with Crippen molar-refractivity contribution in [1.82, 2.24) is 15.5 Å². The SMILES string of the molecule is O=C(O)CN(C(=O)NC1CCC(=O)NC1)C1CCCC1. The minimum Gasteiger partial charge on any atom is -0.480 e. The number of nitrogens with one attached hydrogen (secondary N) is 2. The summed E-state index contributed by atoms with van der Waals surface area (Å²) in [4.78, 5) is 35.7. The highest BCUT2D eigenvalue weighted by Gasteiger charge is 2.30. The first-order valence-corrected chi connectivity index (χ1v) is 7.12. The molecule has 2 fully saturated rings. The third-order valence-corrected chi connectivity index (χ3v) is 3.93. The fourth-order valence-corrected chi connectivity index (χ4v) is 2.84. The van der Waals surface area contributed by atoms with E-state index < -0.39 is 5.97 Å². The number of carbonyl (C=O) groups is 3. The summed E-state index contributed by atoms with van der Waals surface area (Å²) in [5.74, 6) is -1.00. The van der Waals surface area contributed by atoms with Gasteiger partial charge >= 0.3 is 12.0 Å². The average Bonchev–Trinajstić information content (AvgIpc) is 2.92. The van der Waals surface area contributed by atoms with Gasteiger partial charge in [0.05, 0.1) is 0 Å². The van der Waals surface area contributed by atoms with Crippen molar-refractivity contribution in [2.45, 2.75) is 50.6 Å². The van der Waals surface area contributed by atoms with E-state index in [1.54, 1.807) is 0 Å². The first-order chi connectivity index (χ1) is 9.56. The number of carboxylic acid groups (broad SMARTS) is 1. The Labute approximate surface area is 117 Å². The lowest BCUT2D eigenvalue weighted by molar-refractivity contribution is -0.138. The van der Waals surface area contributed by atoms with Crippen LogP contribution in [0.4, 0.5) is 4.79 Å². The van der Waals surface area contributed by atoms with E-state index in [4.69, 9.17) is 5.11 Å². The number of hydrogen-bond acceptors (Lipinski definition) is 3. The second-order valence-electron chi connectivity index (χ2n) is 5.45. The van der Waals surface area contributed by atoms with Gasteiger partial charge in [-0.2, -0.15) is 0 Å². The lowest BCUT2D eigenvalue weighted by atomic mass is 10.1. The Morgan fingerprint density at radius 3 is 2.55 bits per heavy atom. The molecule has 1 unspecified atom stereocenters. The Kier molecular flexibility index (Phi) is 4.81. The van der Waals surface area contributed by atoms with Crippen LogP contribution in [0.5, 0.6) is 0 Å². The van der Waals surface area contributed by atoms with Crippen LogP contribution < -0.4 is 10.6 Å². The molecule has 1 aliphatic carbocycles. The molecule has 112 valence electrons. The van der Waals surface area contributed by atoms with Gasteiger partial charge in [-0.25, -0.2) is 4.79 Å². The first kappa shape index (κ1) is 14.6. The van der Waals surface area contributed by atoms with E-state index in [0.29, 0.717) is 19.4 Å². The molecule has 0 bridgehead atoms. The van der Waals surface area contributed by atoms with E-state index >= 15 is 0 Å². The molecule has 0 spiro atoms. The number of piperidine rings is 1. The molecule has 1 saturated heterocycles. The van der Waals surface area contributed by atoms with Gasteiger partial charge < -0.3 is 20.6 Å². The zero-order valence-corrected chi connectivity index (χ0v) is 11.4. The molecule has 2 aliphatic rings. The number of hydrogen-bond donors (Lipinski definition) is 3. The summed E-state index contributed by atoms with van der Waals surface area (Å²) >= 11 is 0. The first-order valence-electron chi connectivity index (χ1n) is 7.12. The normalized spacial score (nSPS) is 23.2. The molecule has 0 radical (unpaired) electrons. The van der Waals surface area contributed by atoms with E-state index in [1.807, 2.05) is 0 Å². The van der Waals surface area contributed by atoms with Crippen molar-refractivity contribution in [2.75, 3.05) is 13.1 Å². The van der Waals surface area contributed by atoms with E-state index in [1.165, 1.54) is 4.90 Å². The molecule has 0 aromatic rings. The maximum absolute atomic E-state index is 12.3. The molecule has 7 nitrogen and oxygen atoms in total. The Bertz CT molecular complexity index is 383. The summed E-state index contributed by atoms with van der Waals surface area (Å²) in [6.07, 6.45) is 4.79. The van der Waals surface area contributed by atoms with Crippen LogP contribution >= 0.6 is 0 Å². The minimum absolute atomic E-state index is 0.00585. The number of rotatable bonds is 4. The highest BCUT2D eigenvalue weighted by atomic mass is 16.4. The molecule has 0 aromatic carbocycles. The smallest absolute Gasteiger partial charge is 0.323 e. The lowest BCUT2D eigenvalue weighted by Gasteiger charge is -2.31. The van der Waals surface area contributed by atoms with Crippen molar-refractivity contribution in [2.24, 2.45) is 0 Å². The summed E-state index contributed by atoms with van der Waals surface area (Å²) in [5.41, 5.74) is 0. The topological polar surface area (TPSA) is 98.7 Å². The summed E-state index contributed by atoms with van der Waals surface area (Å²) < 4.78 is 0. The van der Waals surface area contributed by atoms with Crippen molar-refractivity contribution < 1.29 is 19.5 Å². The zero-order valence-electron chi connectivity index (χ0n) is 11.4. The number of carbonyl (C=O) groups excluding carboxylic acids is 2. The minimum atomic E-state index is -0.996. The predicted octanol–water partition coefficient (Wildman–Crippen LogP) is 0.304. The Hall–Kier alpha value is -1.79. The lowest BCUT2D eigenvalue weighted by Crippen LogP contribution is -2.54. The van der Waals surface area contributed by atoms with Gasteiger partial charge in [-0.05, 0) is 19.3 Å². The summed E-state index contributed by atoms with van der Waals surface area (Å²) in [6, 6.07) is -0.428. The molecule has 1 saturated carbocycles. The van der Waals surface area contributed by atoms with Gasteiger partial charge in [0.1, 0.15) is 6.54 Å². The number of nitrogens with zero attached hydrogens (tertiary/aromatic N) is 1. The second-order valence-corrected chi connectivity index (χ2v) is 5.45. The third kappa shape index (κ3) is 3.85. The Balaban J connectivity index is 1.91. The predicted molar refractivity (Wildman–Crippen MR) is 71.2 cm³/mol. The molecule has 3 N–H and O–H groups in total. The molecule has 7 heteroatoms. The molecule has 20 heavy (non-hydrogen) atoms. The van der Waals surface area contributed by atoms with E-state index in [-0.39, 0.29) is 30.6 Å². The fourth-order valence-electron chi connectivity index (χ4n) is 2.84. The molecular weight excluding hydrogens is 262 g/mol. The zero-order chi connectivity index (χ0) is 14.5. The van der Waals surface area contributed by atoms with Crippen LogP contribution in [-0.4, -0.2) is 53.1 Å². The number of aliphatic carboxylic acids is 1. The monoisotopic (exact) mass is 283 g/mol. The second kappa shape index (κ2) is 6.58. The molecule has 3 amide bonds. The summed E-state index contributed by atoms with van der Waals surface area (Å²) in [6.45, 7) is 0.145. The van der Waals surface area contributed by atoms with Crippen molar-refractivity contribution in [3.63, 3.8) is 0 Å². The van der Waals surface area contributed by atoms with Gasteiger partial charge in [-0.3, -0.25) is 9.59 Å². The van der Waals surface area contributed by atoms with Crippen molar-refractivity contribution in [3.05, 3.63) is 0 Å². The highest BCUT2D eigenvalue weighted by Crippen LogP contribution is 2.23. The Morgan fingerprint density at radius 1 is 1.30 bits per heavy atom. The largest absolute Gasteiger partial charge is 0.480 e. The number of carboxylic acids is 1. The van der Waals surface area contributed by atoms with Crippen LogP contribution in [0.25, 0.3) is 0 Å². The maximum Gasteiger partial charge on any atom is 0.323 e. The molecular formula is C13H21N3O4. The average molecular weight is 283 g/mol. The molecule has 2 rings (SSSR count). The molecule has 1 aliphatic heterocycles. The Morgan fingerprint density at radius 2 is 2.00 bits per heavy atom. The third-order valence-electron chi connectivity index (χ3n) is 3.93. The van der Waals surface area contributed by atoms with Crippen molar-refractivity contribution in [1.29, 1.82) is 0 Å². The standard InChI is InChI=1S/C13H21N3O4/c17-11-6-5-9(7-14-11)15-13(20)16(8-12(18)19)10-3-1-2-4-10/h9-10H,1-8H2,(H,14,17)(H,15,20)(H,18,19). The van der Waals surface area contributed by atoms with Gasteiger partial charge in [0.2, 0.25) is 5.91 Å². The van der Waals surface area contributed by atoms with Crippen LogP contribution in [-0.2, 0) is 9.59 Å². The number of amides is 3. The van der Waals surface area contributed by atoms with Gasteiger partial charge in [0.15, 0.2) is 0 Å². The van der Waals surface area contributed by atoms with Crippen LogP contribution in [0.15, 0.2) is 0 Å². The quantitative estimate of drug-likeness (QED) is 0.691. The van der Waals surface area contributed by atoms with Crippen molar-refractivity contribution >= 4 is 17.9 Å². The van der Waals surface area contributed by atoms with Gasteiger partial charge in [-0.1, -0.05) is 12.8 Å². The molecule has 0 aromatic heterocycles. The van der Waals surface area contributed by atoms with Crippen LogP contribution in [0.1, 0.15) is 38.5 Å². The van der Waals surface area contributed by atoms with Gasteiger partial charge in [0, 0.05) is 25.0 Å². The van der Waals surface area contributed by atoms with E-state index in [2.05, 4.69) is 10.6 Å². The van der Waals surface area contributed by atoms with Crippen molar-refractivity contribution in [3.8, 4) is 0 Å².